The molecule has 0 saturated carbocycles. The number of H-pyrrole nitrogens is 1. The smallest absolute Gasteiger partial charge is 0.272 e. The monoisotopic (exact) mass is 376 g/mol. The van der Waals surface area contributed by atoms with Crippen molar-refractivity contribution in [2.24, 2.45) is 0 Å². The predicted molar refractivity (Wildman–Crippen MR) is 90.1 cm³/mol. The molecule has 2 aromatic carbocycles. The van der Waals surface area contributed by atoms with Crippen LogP contribution in [0.3, 0.4) is 0 Å². The van der Waals surface area contributed by atoms with Crippen molar-refractivity contribution in [2.75, 3.05) is 5.32 Å². The van der Waals surface area contributed by atoms with Crippen LogP contribution in [0.2, 0.25) is 0 Å². The van der Waals surface area contributed by atoms with E-state index in [0.717, 1.165) is 20.2 Å². The molecule has 0 spiro atoms. The van der Waals surface area contributed by atoms with Crippen molar-refractivity contribution >= 4 is 45.1 Å². The molecule has 0 aliphatic rings. The van der Waals surface area contributed by atoms with Gasteiger partial charge in [0.15, 0.2) is 0 Å². The van der Waals surface area contributed by atoms with Crippen LogP contribution in [0.5, 0.6) is 0 Å². The van der Waals surface area contributed by atoms with Gasteiger partial charge in [0.05, 0.1) is 0 Å². The largest absolute Gasteiger partial charge is 0.351 e. The van der Waals surface area contributed by atoms with Crippen LogP contribution in [0, 0.1) is 10.5 Å². The molecule has 2 N–H and O–H groups in total. The summed E-state index contributed by atoms with van der Waals surface area (Å²) in [5.41, 5.74) is 3.55. The fraction of sp³-hybridized carbons (Fsp3) is 0.0625. The SMILES string of the molecule is Cc1ccc(NC(=O)c2cc3ccccc3[nH]2)cc1I. The number of rotatable bonds is 2. The number of benzene rings is 2. The third kappa shape index (κ3) is 2.56. The Balaban J connectivity index is 1.86. The Kier molecular flexibility index (Phi) is 3.48. The fourth-order valence-electron chi connectivity index (χ4n) is 2.06. The molecule has 100 valence electrons. The Hall–Kier alpha value is -1.82. The molecule has 0 radical (unpaired) electrons. The Morgan fingerprint density at radius 3 is 2.70 bits per heavy atom. The lowest BCUT2D eigenvalue weighted by atomic mass is 10.2. The van der Waals surface area contributed by atoms with Crippen LogP contribution in [-0.4, -0.2) is 10.9 Å². The number of halogens is 1. The van der Waals surface area contributed by atoms with Gasteiger partial charge >= 0.3 is 0 Å². The Morgan fingerprint density at radius 2 is 1.95 bits per heavy atom. The lowest BCUT2D eigenvalue weighted by Gasteiger charge is -2.05. The molecule has 0 atom stereocenters. The van der Waals surface area contributed by atoms with Gasteiger partial charge < -0.3 is 10.3 Å². The highest BCUT2D eigenvalue weighted by Gasteiger charge is 2.10. The summed E-state index contributed by atoms with van der Waals surface area (Å²) < 4.78 is 1.14. The number of nitrogens with one attached hydrogen (secondary N) is 2. The first kappa shape index (κ1) is 13.2. The van der Waals surface area contributed by atoms with Gasteiger partial charge in [-0.15, -0.1) is 0 Å². The van der Waals surface area contributed by atoms with Crippen LogP contribution in [0.4, 0.5) is 5.69 Å². The summed E-state index contributed by atoms with van der Waals surface area (Å²) >= 11 is 2.26. The molecule has 3 nitrogen and oxygen atoms in total. The number of carbonyl (C=O) groups excluding carboxylic acids is 1. The molecule has 0 bridgehead atoms. The quantitative estimate of drug-likeness (QED) is 0.643. The highest BCUT2D eigenvalue weighted by atomic mass is 127. The maximum atomic E-state index is 12.2. The second-order valence-electron chi connectivity index (χ2n) is 4.69. The molecule has 1 amide bonds. The topological polar surface area (TPSA) is 44.9 Å². The summed E-state index contributed by atoms with van der Waals surface area (Å²) in [7, 11) is 0. The number of aryl methyl sites for hydroxylation is 1. The van der Waals surface area contributed by atoms with Crippen LogP contribution in [-0.2, 0) is 0 Å². The van der Waals surface area contributed by atoms with Gasteiger partial charge in [0.25, 0.3) is 5.91 Å². The van der Waals surface area contributed by atoms with E-state index in [2.05, 4.69) is 32.9 Å². The molecular formula is C16H13IN2O. The summed E-state index contributed by atoms with van der Waals surface area (Å²) in [4.78, 5) is 15.4. The third-order valence-corrected chi connectivity index (χ3v) is 4.37. The number of fused-ring (bicyclic) bond motifs is 1. The standard InChI is InChI=1S/C16H13IN2O/c1-10-6-7-12(9-13(10)17)18-16(20)15-8-11-4-2-3-5-14(11)19-15/h2-9,19H,1H3,(H,18,20). The van der Waals surface area contributed by atoms with E-state index in [1.165, 1.54) is 5.56 Å². The number of amides is 1. The Bertz CT molecular complexity index is 759. The van der Waals surface area contributed by atoms with Crippen LogP contribution in [0.1, 0.15) is 16.1 Å². The zero-order chi connectivity index (χ0) is 14.1. The van der Waals surface area contributed by atoms with Gasteiger partial charge in [-0.05, 0) is 59.3 Å². The van der Waals surface area contributed by atoms with E-state index >= 15 is 0 Å². The highest BCUT2D eigenvalue weighted by Crippen LogP contribution is 2.19. The van der Waals surface area contributed by atoms with E-state index in [4.69, 9.17) is 0 Å². The van der Waals surface area contributed by atoms with Crippen molar-refractivity contribution in [1.29, 1.82) is 0 Å². The number of aromatic nitrogens is 1. The number of aromatic amines is 1. The van der Waals surface area contributed by atoms with Crippen molar-refractivity contribution in [3.05, 3.63) is 63.4 Å². The van der Waals surface area contributed by atoms with Gasteiger partial charge in [0.2, 0.25) is 0 Å². The molecular weight excluding hydrogens is 363 g/mol. The third-order valence-electron chi connectivity index (χ3n) is 3.20. The van der Waals surface area contributed by atoms with Gasteiger partial charge in [0.1, 0.15) is 5.69 Å². The van der Waals surface area contributed by atoms with Crippen LogP contribution in [0.25, 0.3) is 10.9 Å². The van der Waals surface area contributed by atoms with Gasteiger partial charge in [0, 0.05) is 20.2 Å². The van der Waals surface area contributed by atoms with Crippen molar-refractivity contribution in [1.82, 2.24) is 4.98 Å². The number of hydrogen-bond donors (Lipinski definition) is 2. The molecule has 0 aliphatic heterocycles. The van der Waals surface area contributed by atoms with E-state index < -0.39 is 0 Å². The minimum Gasteiger partial charge on any atom is -0.351 e. The molecule has 0 aliphatic carbocycles. The minimum absolute atomic E-state index is 0.124. The normalized spacial score (nSPS) is 10.7. The molecule has 1 heterocycles. The Labute approximate surface area is 130 Å². The first-order valence-corrected chi connectivity index (χ1v) is 7.36. The first-order valence-electron chi connectivity index (χ1n) is 6.29. The van der Waals surface area contributed by atoms with Crippen molar-refractivity contribution in [3.63, 3.8) is 0 Å². The van der Waals surface area contributed by atoms with Gasteiger partial charge in [-0.3, -0.25) is 4.79 Å². The lowest BCUT2D eigenvalue weighted by molar-refractivity contribution is 0.102. The number of anilines is 1. The van der Waals surface area contributed by atoms with E-state index in [1.54, 1.807) is 0 Å². The predicted octanol–water partition coefficient (Wildman–Crippen LogP) is 4.33. The summed E-state index contributed by atoms with van der Waals surface area (Å²) in [6.07, 6.45) is 0. The van der Waals surface area contributed by atoms with Crippen LogP contribution < -0.4 is 5.32 Å². The summed E-state index contributed by atoms with van der Waals surface area (Å²) in [5, 5.41) is 3.95. The summed E-state index contributed by atoms with van der Waals surface area (Å²) in [6, 6.07) is 15.6. The van der Waals surface area contributed by atoms with E-state index in [9.17, 15) is 4.79 Å². The Morgan fingerprint density at radius 1 is 1.15 bits per heavy atom. The van der Waals surface area contributed by atoms with Crippen molar-refractivity contribution in [2.45, 2.75) is 6.92 Å². The van der Waals surface area contributed by atoms with Gasteiger partial charge in [-0.25, -0.2) is 0 Å². The molecule has 0 fully saturated rings. The van der Waals surface area contributed by atoms with E-state index in [-0.39, 0.29) is 5.91 Å². The first-order chi connectivity index (χ1) is 9.63. The second-order valence-corrected chi connectivity index (χ2v) is 5.85. The summed E-state index contributed by atoms with van der Waals surface area (Å²) in [6.45, 7) is 2.05. The van der Waals surface area contributed by atoms with Crippen LogP contribution >= 0.6 is 22.6 Å². The molecule has 0 unspecified atom stereocenters. The summed E-state index contributed by atoms with van der Waals surface area (Å²) in [5.74, 6) is -0.124. The molecule has 0 saturated heterocycles. The molecule has 3 rings (SSSR count). The zero-order valence-corrected chi connectivity index (χ0v) is 13.1. The molecule has 1 aromatic heterocycles. The maximum absolute atomic E-state index is 12.2. The molecule has 20 heavy (non-hydrogen) atoms. The fourth-order valence-corrected chi connectivity index (χ4v) is 2.58. The van der Waals surface area contributed by atoms with E-state index in [1.807, 2.05) is 55.5 Å². The number of hydrogen-bond acceptors (Lipinski definition) is 1. The zero-order valence-electron chi connectivity index (χ0n) is 10.9. The lowest BCUT2D eigenvalue weighted by Crippen LogP contribution is -2.12. The average Bonchev–Trinajstić information content (AvgIpc) is 2.87. The number of carbonyl (C=O) groups is 1. The van der Waals surface area contributed by atoms with E-state index in [0.29, 0.717) is 5.69 Å². The second kappa shape index (κ2) is 5.28. The molecule has 3 aromatic rings. The van der Waals surface area contributed by atoms with Crippen molar-refractivity contribution in [3.8, 4) is 0 Å². The van der Waals surface area contributed by atoms with Crippen molar-refractivity contribution < 1.29 is 4.79 Å². The average molecular weight is 376 g/mol. The maximum Gasteiger partial charge on any atom is 0.272 e. The number of para-hydroxylation sites is 1. The molecule has 4 heteroatoms. The van der Waals surface area contributed by atoms with Gasteiger partial charge in [-0.1, -0.05) is 24.3 Å². The van der Waals surface area contributed by atoms with Gasteiger partial charge in [-0.2, -0.15) is 0 Å². The van der Waals surface area contributed by atoms with Crippen LogP contribution in [0.15, 0.2) is 48.5 Å². The highest BCUT2D eigenvalue weighted by molar-refractivity contribution is 14.1. The minimum atomic E-state index is -0.124.